The van der Waals surface area contributed by atoms with E-state index in [4.69, 9.17) is 0 Å². The molecule has 0 atom stereocenters. The summed E-state index contributed by atoms with van der Waals surface area (Å²) in [4.78, 5) is 15.4. The van der Waals surface area contributed by atoms with Crippen LogP contribution in [0.4, 0.5) is 80.3 Å². The largest absolute Gasteiger partial charge is 0.460 e. The number of halogens is 17. The van der Waals surface area contributed by atoms with Gasteiger partial charge in [0.25, 0.3) is 5.91 Å². The number of unbranched alkanes of at least 4 members (excludes halogenated alkanes) is 2. The maximum Gasteiger partial charge on any atom is 0.460 e. The van der Waals surface area contributed by atoms with Crippen molar-refractivity contribution in [2.75, 3.05) is 31.1 Å². The Hall–Kier alpha value is -3.16. The predicted octanol–water partition coefficient (Wildman–Crippen LogP) is 10.0. The van der Waals surface area contributed by atoms with Crippen molar-refractivity contribution in [1.82, 2.24) is 4.90 Å². The van der Waals surface area contributed by atoms with Crippen molar-refractivity contribution in [2.24, 2.45) is 0 Å². The molecule has 0 saturated carbocycles. The molecule has 1 amide bonds. The Bertz CT molecular complexity index is 1290. The fourth-order valence-electron chi connectivity index (χ4n) is 4.05. The molecule has 0 aliphatic rings. The zero-order valence-electron chi connectivity index (χ0n) is 25.3. The molecule has 0 saturated heterocycles. The summed E-state index contributed by atoms with van der Waals surface area (Å²) in [6.07, 6.45) is -6.21. The van der Waals surface area contributed by atoms with Crippen LogP contribution in [0.1, 0.15) is 57.3 Å². The van der Waals surface area contributed by atoms with Crippen LogP contribution in [0.2, 0.25) is 0 Å². The third kappa shape index (κ3) is 7.38. The summed E-state index contributed by atoms with van der Waals surface area (Å²) < 4.78 is 236. The molecular formula is C27H29F17N2O2. The maximum absolute atomic E-state index is 14.6. The van der Waals surface area contributed by atoms with Crippen LogP contribution >= 0.6 is 0 Å². The number of nitrogens with zero attached hydrogens (tertiary/aromatic N) is 2. The molecule has 0 bridgehead atoms. The van der Waals surface area contributed by atoms with Crippen molar-refractivity contribution < 1.29 is 84.2 Å². The molecule has 1 aromatic carbocycles. The fourth-order valence-corrected chi connectivity index (χ4v) is 4.05. The third-order valence-corrected chi connectivity index (χ3v) is 6.99. The quantitative estimate of drug-likeness (QED) is 0.0908. The SMILES string of the molecule is CCCCCN(CC)c1cc(C(=O)N(CC)CC)ccc1OC(F)=C(F)C(F)(F)C(F)(F)C(F)(F)C(F)(F)C(F)(F)C(F)(F)C(F)(F)F. The number of amides is 1. The molecule has 1 rings (SSSR count). The second-order valence-electron chi connectivity index (χ2n) is 10.1. The predicted molar refractivity (Wildman–Crippen MR) is 137 cm³/mol. The van der Waals surface area contributed by atoms with Gasteiger partial charge >= 0.3 is 47.7 Å². The smallest absolute Gasteiger partial charge is 0.427 e. The summed E-state index contributed by atoms with van der Waals surface area (Å²) >= 11 is 0. The standard InChI is InChI=1S/C27H29F17N2O2/c1-5-9-10-13-46(8-4)16-14-15(20(47)45(6-2)7-3)11-12-17(16)48-19(29)18(28)21(30,31)22(32,33)23(34,35)24(36,37)25(38,39)26(40,41)27(42,43)44/h11-12,14H,5-10,13H2,1-4H3. The van der Waals surface area contributed by atoms with E-state index in [0.717, 1.165) is 12.1 Å². The number of ether oxygens (including phenoxy) is 1. The maximum atomic E-state index is 14.6. The van der Waals surface area contributed by atoms with E-state index in [9.17, 15) is 79.4 Å². The highest BCUT2D eigenvalue weighted by Crippen LogP contribution is 2.63. The first-order valence-electron chi connectivity index (χ1n) is 13.9. The fraction of sp³-hybridized carbons (Fsp3) is 0.667. The van der Waals surface area contributed by atoms with E-state index >= 15 is 0 Å². The molecule has 0 unspecified atom stereocenters. The second-order valence-corrected chi connectivity index (χ2v) is 10.1. The number of alkyl halides is 15. The van der Waals surface area contributed by atoms with Crippen molar-refractivity contribution in [2.45, 2.75) is 88.7 Å². The molecule has 0 aromatic heterocycles. The van der Waals surface area contributed by atoms with Gasteiger partial charge in [-0.3, -0.25) is 4.79 Å². The Morgan fingerprint density at radius 1 is 0.667 bits per heavy atom. The third-order valence-electron chi connectivity index (χ3n) is 6.99. The van der Waals surface area contributed by atoms with Gasteiger partial charge in [0.2, 0.25) is 5.83 Å². The Morgan fingerprint density at radius 2 is 1.15 bits per heavy atom. The summed E-state index contributed by atoms with van der Waals surface area (Å²) in [5.41, 5.74) is -0.550. The van der Waals surface area contributed by atoms with Gasteiger partial charge in [0, 0.05) is 31.7 Å². The minimum atomic E-state index is -8.68. The lowest BCUT2D eigenvalue weighted by molar-refractivity contribution is -0.451. The molecule has 4 nitrogen and oxygen atoms in total. The van der Waals surface area contributed by atoms with Gasteiger partial charge in [-0.1, -0.05) is 19.8 Å². The van der Waals surface area contributed by atoms with Gasteiger partial charge in [-0.25, -0.2) is 0 Å². The molecule has 21 heteroatoms. The lowest BCUT2D eigenvalue weighted by Gasteiger charge is -2.41. The number of hydrogen-bond donors (Lipinski definition) is 0. The van der Waals surface area contributed by atoms with Crippen LogP contribution in [0.15, 0.2) is 30.0 Å². The molecule has 48 heavy (non-hydrogen) atoms. The van der Waals surface area contributed by atoms with Gasteiger partial charge in [-0.2, -0.15) is 74.6 Å². The molecular weight excluding hydrogens is 707 g/mol. The normalized spacial score (nSPS) is 14.5. The number of rotatable bonds is 17. The number of carbonyl (C=O) groups excluding carboxylic acids is 1. The monoisotopic (exact) mass is 736 g/mol. The van der Waals surface area contributed by atoms with E-state index < -0.39 is 70.9 Å². The molecule has 0 spiro atoms. The van der Waals surface area contributed by atoms with Crippen LogP contribution < -0.4 is 9.64 Å². The number of hydrogen-bond acceptors (Lipinski definition) is 3. The van der Waals surface area contributed by atoms with Crippen LogP contribution in [0, 0.1) is 0 Å². The average Bonchev–Trinajstić information content (AvgIpc) is 2.98. The van der Waals surface area contributed by atoms with Gasteiger partial charge in [-0.05, 0) is 45.4 Å². The van der Waals surface area contributed by atoms with Gasteiger partial charge in [0.05, 0.1) is 5.69 Å². The molecule has 0 aliphatic heterocycles. The molecule has 0 N–H and O–H groups in total. The lowest BCUT2D eigenvalue weighted by Crippen LogP contribution is -2.72. The van der Waals surface area contributed by atoms with Crippen molar-refractivity contribution in [3.63, 3.8) is 0 Å². The van der Waals surface area contributed by atoms with Gasteiger partial charge in [-0.15, -0.1) is 0 Å². The van der Waals surface area contributed by atoms with Crippen LogP contribution in [-0.2, 0) is 0 Å². The summed E-state index contributed by atoms with van der Waals surface area (Å²) in [6.45, 7) is 6.81. The molecule has 0 aliphatic carbocycles. The first kappa shape index (κ1) is 42.9. The highest BCUT2D eigenvalue weighted by atomic mass is 19.4. The minimum absolute atomic E-state index is 0.0247. The molecule has 1 aromatic rings. The molecule has 278 valence electrons. The van der Waals surface area contributed by atoms with Crippen molar-refractivity contribution >= 4 is 11.6 Å². The number of carbonyl (C=O) groups is 1. The Balaban J connectivity index is 3.80. The van der Waals surface area contributed by atoms with E-state index in [0.29, 0.717) is 25.3 Å². The lowest BCUT2D eigenvalue weighted by atomic mass is 9.91. The summed E-state index contributed by atoms with van der Waals surface area (Å²) in [5.74, 6) is -56.2. The average molecular weight is 737 g/mol. The molecule has 0 fully saturated rings. The molecule has 0 radical (unpaired) electrons. The van der Waals surface area contributed by atoms with E-state index in [-0.39, 0.29) is 31.7 Å². The second kappa shape index (κ2) is 14.8. The van der Waals surface area contributed by atoms with E-state index in [2.05, 4.69) is 4.74 Å². The highest BCUT2D eigenvalue weighted by Gasteiger charge is 2.93. The summed E-state index contributed by atoms with van der Waals surface area (Å²) in [7, 11) is 0. The van der Waals surface area contributed by atoms with Gasteiger partial charge in [0.15, 0.2) is 5.75 Å². The number of anilines is 1. The van der Waals surface area contributed by atoms with Crippen molar-refractivity contribution in [3.8, 4) is 5.75 Å². The number of benzene rings is 1. The highest BCUT2D eigenvalue weighted by molar-refractivity contribution is 5.95. The van der Waals surface area contributed by atoms with Crippen LogP contribution in [0.3, 0.4) is 0 Å². The van der Waals surface area contributed by atoms with E-state index in [1.165, 1.54) is 16.7 Å². The van der Waals surface area contributed by atoms with Crippen LogP contribution in [0.5, 0.6) is 5.75 Å². The number of allylic oxidation sites excluding steroid dienone is 1. The van der Waals surface area contributed by atoms with Crippen LogP contribution in [0.25, 0.3) is 0 Å². The van der Waals surface area contributed by atoms with Crippen molar-refractivity contribution in [1.29, 1.82) is 0 Å². The Kier molecular flexibility index (Phi) is 13.2. The zero-order chi connectivity index (χ0) is 37.9. The van der Waals surface area contributed by atoms with E-state index in [1.54, 1.807) is 20.8 Å². The Labute approximate surface area is 262 Å². The first-order chi connectivity index (χ1) is 21.6. The van der Waals surface area contributed by atoms with Gasteiger partial charge < -0.3 is 14.5 Å². The zero-order valence-corrected chi connectivity index (χ0v) is 25.3. The van der Waals surface area contributed by atoms with Gasteiger partial charge in [0.1, 0.15) is 0 Å². The summed E-state index contributed by atoms with van der Waals surface area (Å²) in [5, 5.41) is 0. The van der Waals surface area contributed by atoms with Crippen molar-refractivity contribution in [3.05, 3.63) is 35.6 Å². The molecule has 0 heterocycles. The van der Waals surface area contributed by atoms with E-state index in [1.807, 2.05) is 0 Å². The topological polar surface area (TPSA) is 32.8 Å². The minimum Gasteiger partial charge on any atom is -0.427 e. The first-order valence-corrected chi connectivity index (χ1v) is 13.9. The van der Waals surface area contributed by atoms with Crippen LogP contribution in [-0.4, -0.2) is 78.7 Å². The summed E-state index contributed by atoms with van der Waals surface area (Å²) in [6, 6.07) is -1.10. The Morgan fingerprint density at radius 3 is 1.58 bits per heavy atom.